The lowest BCUT2D eigenvalue weighted by molar-refractivity contribution is -0.0421. The van der Waals surface area contributed by atoms with E-state index in [0.29, 0.717) is 6.54 Å². The normalized spacial score (nSPS) is 24.8. The van der Waals surface area contributed by atoms with Crippen molar-refractivity contribution in [3.05, 3.63) is 29.6 Å². The largest absolute Gasteiger partial charge is 0.394 e. The first-order valence-electron chi connectivity index (χ1n) is 7.03. The number of rotatable bonds is 4. The van der Waals surface area contributed by atoms with Gasteiger partial charge in [0.25, 0.3) is 0 Å². The van der Waals surface area contributed by atoms with Crippen LogP contribution < -0.4 is 10.2 Å². The number of nitrogens with one attached hydrogen (secondary N) is 1. The van der Waals surface area contributed by atoms with Crippen molar-refractivity contribution in [1.29, 1.82) is 0 Å². The van der Waals surface area contributed by atoms with Crippen molar-refractivity contribution in [3.8, 4) is 0 Å². The summed E-state index contributed by atoms with van der Waals surface area (Å²) in [6.07, 6.45) is -0.148. The molecule has 2 rings (SSSR count). The summed E-state index contributed by atoms with van der Waals surface area (Å²) in [4.78, 5) is 2.16. The van der Waals surface area contributed by atoms with Crippen LogP contribution in [0.2, 0.25) is 0 Å². The van der Waals surface area contributed by atoms with Crippen LogP contribution in [0.3, 0.4) is 0 Å². The minimum Gasteiger partial charge on any atom is -0.394 e. The summed E-state index contributed by atoms with van der Waals surface area (Å²) in [6.45, 7) is 5.35. The van der Waals surface area contributed by atoms with Crippen LogP contribution in [0, 0.1) is 5.82 Å². The summed E-state index contributed by atoms with van der Waals surface area (Å²) in [5.41, 5.74) is 1.93. The van der Waals surface area contributed by atoms with E-state index in [4.69, 9.17) is 4.74 Å². The molecular formula is C15H23FN2O2. The number of ether oxygens (including phenoxy) is 1. The van der Waals surface area contributed by atoms with Crippen LogP contribution >= 0.6 is 0 Å². The number of aliphatic hydroxyl groups is 1. The van der Waals surface area contributed by atoms with Crippen LogP contribution in [0.1, 0.15) is 25.5 Å². The number of benzene rings is 1. The molecule has 20 heavy (non-hydrogen) atoms. The Morgan fingerprint density at radius 1 is 1.50 bits per heavy atom. The number of hydrogen-bond donors (Lipinski definition) is 2. The van der Waals surface area contributed by atoms with Gasteiger partial charge in [-0.25, -0.2) is 4.39 Å². The third kappa shape index (κ3) is 3.29. The van der Waals surface area contributed by atoms with Gasteiger partial charge >= 0.3 is 0 Å². The lowest BCUT2D eigenvalue weighted by Crippen LogP contribution is -2.48. The van der Waals surface area contributed by atoms with Gasteiger partial charge in [0, 0.05) is 24.8 Å². The fourth-order valence-electron chi connectivity index (χ4n) is 2.66. The third-order valence-corrected chi connectivity index (χ3v) is 3.76. The van der Waals surface area contributed by atoms with Crippen molar-refractivity contribution in [2.24, 2.45) is 0 Å². The summed E-state index contributed by atoms with van der Waals surface area (Å²) in [6, 6.07) is 4.93. The fraction of sp³-hybridized carbons (Fsp3) is 0.600. The van der Waals surface area contributed by atoms with Gasteiger partial charge in [-0.2, -0.15) is 0 Å². The van der Waals surface area contributed by atoms with Crippen molar-refractivity contribution in [3.63, 3.8) is 0 Å². The third-order valence-electron chi connectivity index (χ3n) is 3.76. The molecule has 1 aromatic carbocycles. The van der Waals surface area contributed by atoms with Gasteiger partial charge < -0.3 is 20.1 Å². The molecule has 112 valence electrons. The molecule has 1 aliphatic rings. The summed E-state index contributed by atoms with van der Waals surface area (Å²) in [7, 11) is 1.86. The van der Waals surface area contributed by atoms with E-state index in [0.717, 1.165) is 17.8 Å². The molecule has 3 unspecified atom stereocenters. The number of anilines is 1. The average molecular weight is 282 g/mol. The van der Waals surface area contributed by atoms with E-state index in [1.54, 1.807) is 6.07 Å². The predicted molar refractivity (Wildman–Crippen MR) is 77.5 cm³/mol. The zero-order valence-electron chi connectivity index (χ0n) is 12.3. The molecule has 0 saturated carbocycles. The number of hydrogen-bond acceptors (Lipinski definition) is 4. The number of nitrogens with zero attached hydrogens (tertiary/aromatic N) is 1. The molecule has 4 nitrogen and oxygen atoms in total. The topological polar surface area (TPSA) is 44.7 Å². The maximum Gasteiger partial charge on any atom is 0.123 e. The van der Waals surface area contributed by atoms with Crippen LogP contribution in [0.15, 0.2) is 18.2 Å². The lowest BCUT2D eigenvalue weighted by atomic mass is 10.0. The van der Waals surface area contributed by atoms with Crippen LogP contribution in [0.25, 0.3) is 0 Å². The summed E-state index contributed by atoms with van der Waals surface area (Å²) in [5.74, 6) is -0.231. The van der Waals surface area contributed by atoms with Crippen molar-refractivity contribution in [1.82, 2.24) is 5.32 Å². The molecule has 5 heteroatoms. The highest BCUT2D eigenvalue weighted by Gasteiger charge is 2.27. The molecule has 0 bridgehead atoms. The van der Waals surface area contributed by atoms with Crippen molar-refractivity contribution >= 4 is 5.69 Å². The second kappa shape index (κ2) is 6.52. The van der Waals surface area contributed by atoms with Crippen LogP contribution in [0.4, 0.5) is 10.1 Å². The minimum absolute atomic E-state index is 0.00104. The smallest absolute Gasteiger partial charge is 0.123 e. The Morgan fingerprint density at radius 2 is 2.25 bits per heavy atom. The highest BCUT2D eigenvalue weighted by Crippen LogP contribution is 2.29. The molecule has 1 fully saturated rings. The van der Waals surface area contributed by atoms with E-state index in [1.165, 1.54) is 6.07 Å². The molecular weight excluding hydrogens is 259 g/mol. The molecule has 0 amide bonds. The summed E-state index contributed by atoms with van der Waals surface area (Å²) < 4.78 is 19.2. The SMILES string of the molecule is CNC(C)c1cc(F)ccc1N1CC(C)OC(CO)C1. The van der Waals surface area contributed by atoms with Crippen LogP contribution in [0.5, 0.6) is 0 Å². The number of morpholine rings is 1. The fourth-order valence-corrected chi connectivity index (χ4v) is 2.66. The molecule has 1 aliphatic heterocycles. The standard InChI is InChI=1S/C15H23FN2O2/c1-10-7-18(8-13(9-19)20-10)15-5-4-12(16)6-14(15)11(2)17-3/h4-6,10-11,13,17,19H,7-9H2,1-3H3. The van der Waals surface area contributed by atoms with E-state index in [1.807, 2.05) is 27.0 Å². The van der Waals surface area contributed by atoms with E-state index in [-0.39, 0.29) is 30.7 Å². The molecule has 0 aromatic heterocycles. The van der Waals surface area contributed by atoms with Crippen molar-refractivity contribution in [2.45, 2.75) is 32.1 Å². The first kappa shape index (κ1) is 15.2. The summed E-state index contributed by atoms with van der Waals surface area (Å²) in [5, 5.41) is 12.5. The van der Waals surface area contributed by atoms with E-state index < -0.39 is 0 Å². The van der Waals surface area contributed by atoms with Gasteiger partial charge in [-0.05, 0) is 44.7 Å². The van der Waals surface area contributed by atoms with Gasteiger partial charge in [-0.1, -0.05) is 0 Å². The Labute approximate surface area is 119 Å². The Bertz CT molecular complexity index is 455. The van der Waals surface area contributed by atoms with Crippen LogP contribution in [-0.4, -0.2) is 44.1 Å². The highest BCUT2D eigenvalue weighted by molar-refractivity contribution is 5.55. The second-order valence-corrected chi connectivity index (χ2v) is 5.37. The second-order valence-electron chi connectivity index (χ2n) is 5.37. The van der Waals surface area contributed by atoms with E-state index in [9.17, 15) is 9.50 Å². The Balaban J connectivity index is 2.31. The number of halogens is 1. The van der Waals surface area contributed by atoms with Gasteiger partial charge in [0.2, 0.25) is 0 Å². The highest BCUT2D eigenvalue weighted by atomic mass is 19.1. The van der Waals surface area contributed by atoms with Gasteiger partial charge in [0.05, 0.1) is 18.8 Å². The molecule has 0 spiro atoms. The van der Waals surface area contributed by atoms with Crippen LogP contribution in [-0.2, 0) is 4.74 Å². The first-order valence-corrected chi connectivity index (χ1v) is 7.03. The number of aliphatic hydroxyl groups excluding tert-OH is 1. The molecule has 1 heterocycles. The monoisotopic (exact) mass is 282 g/mol. The Hall–Kier alpha value is -1.17. The first-order chi connectivity index (χ1) is 9.55. The molecule has 0 radical (unpaired) electrons. The molecule has 0 aliphatic carbocycles. The van der Waals surface area contributed by atoms with Crippen molar-refractivity contribution < 1.29 is 14.2 Å². The molecule has 2 N–H and O–H groups in total. The Kier molecular flexibility index (Phi) is 4.96. The maximum atomic E-state index is 13.5. The van der Waals surface area contributed by atoms with E-state index >= 15 is 0 Å². The quantitative estimate of drug-likeness (QED) is 0.882. The van der Waals surface area contributed by atoms with Gasteiger partial charge in [0.1, 0.15) is 5.82 Å². The van der Waals surface area contributed by atoms with Gasteiger partial charge in [-0.3, -0.25) is 0 Å². The molecule has 1 aromatic rings. The minimum atomic E-state index is -0.231. The Morgan fingerprint density at radius 3 is 2.90 bits per heavy atom. The van der Waals surface area contributed by atoms with E-state index in [2.05, 4.69) is 10.2 Å². The molecule has 3 atom stereocenters. The molecule has 1 saturated heterocycles. The summed E-state index contributed by atoms with van der Waals surface area (Å²) >= 11 is 0. The maximum absolute atomic E-state index is 13.5. The lowest BCUT2D eigenvalue weighted by Gasteiger charge is -2.39. The zero-order chi connectivity index (χ0) is 14.7. The van der Waals surface area contributed by atoms with Crippen molar-refractivity contribution in [2.75, 3.05) is 31.6 Å². The van der Waals surface area contributed by atoms with Gasteiger partial charge in [-0.15, -0.1) is 0 Å². The predicted octanol–water partition coefficient (Wildman–Crippen LogP) is 1.69. The zero-order valence-corrected chi connectivity index (χ0v) is 12.3. The average Bonchev–Trinajstić information content (AvgIpc) is 2.45. The van der Waals surface area contributed by atoms with Gasteiger partial charge in [0.15, 0.2) is 0 Å².